The lowest BCUT2D eigenvalue weighted by Gasteiger charge is -2.17. The molecule has 1 amide bonds. The summed E-state index contributed by atoms with van der Waals surface area (Å²) in [6, 6.07) is 3.13. The Bertz CT molecular complexity index is 553. The SMILES string of the molecule is CCNc1ncc([N+](=O)[O-])cc1C(=O)N(C)CCC#N. The highest BCUT2D eigenvalue weighted by atomic mass is 16.6. The summed E-state index contributed by atoms with van der Waals surface area (Å²) in [4.78, 5) is 27.6. The second kappa shape index (κ2) is 7.04. The van der Waals surface area contributed by atoms with Crippen molar-refractivity contribution in [3.8, 4) is 6.07 Å². The van der Waals surface area contributed by atoms with Crippen molar-refractivity contribution in [1.29, 1.82) is 5.26 Å². The van der Waals surface area contributed by atoms with E-state index in [1.165, 1.54) is 18.0 Å². The Morgan fingerprint density at radius 2 is 2.35 bits per heavy atom. The summed E-state index contributed by atoms with van der Waals surface area (Å²) in [5.41, 5.74) is -0.120. The first-order chi connectivity index (χ1) is 9.51. The molecule has 0 aromatic carbocycles. The van der Waals surface area contributed by atoms with Crippen molar-refractivity contribution in [3.05, 3.63) is 27.9 Å². The maximum Gasteiger partial charge on any atom is 0.288 e. The van der Waals surface area contributed by atoms with Crippen LogP contribution < -0.4 is 5.32 Å². The van der Waals surface area contributed by atoms with Crippen LogP contribution in [0.4, 0.5) is 11.5 Å². The minimum atomic E-state index is -0.602. The monoisotopic (exact) mass is 277 g/mol. The van der Waals surface area contributed by atoms with Gasteiger partial charge in [-0.05, 0) is 6.92 Å². The smallest absolute Gasteiger partial charge is 0.288 e. The summed E-state index contributed by atoms with van der Waals surface area (Å²) in [6.07, 6.45) is 1.30. The van der Waals surface area contributed by atoms with Crippen molar-refractivity contribution < 1.29 is 9.72 Å². The molecule has 0 radical (unpaired) electrons. The average molecular weight is 277 g/mol. The fourth-order valence-corrected chi connectivity index (χ4v) is 1.55. The molecule has 8 heteroatoms. The Balaban J connectivity index is 3.11. The van der Waals surface area contributed by atoms with Crippen LogP contribution in [-0.4, -0.2) is 40.9 Å². The van der Waals surface area contributed by atoms with E-state index in [2.05, 4.69) is 10.3 Å². The molecule has 0 atom stereocenters. The molecule has 1 heterocycles. The van der Waals surface area contributed by atoms with Crippen molar-refractivity contribution >= 4 is 17.4 Å². The van der Waals surface area contributed by atoms with Crippen LogP contribution in [0.3, 0.4) is 0 Å². The number of hydrogen-bond acceptors (Lipinski definition) is 6. The summed E-state index contributed by atoms with van der Waals surface area (Å²) in [5, 5.41) is 22.2. The third kappa shape index (κ3) is 3.65. The molecular formula is C12H15N5O3. The maximum absolute atomic E-state index is 12.2. The summed E-state index contributed by atoms with van der Waals surface area (Å²) in [6.45, 7) is 2.62. The Morgan fingerprint density at radius 3 is 2.90 bits per heavy atom. The van der Waals surface area contributed by atoms with E-state index in [0.717, 1.165) is 6.20 Å². The molecule has 0 saturated carbocycles. The molecule has 8 nitrogen and oxygen atoms in total. The molecule has 0 bridgehead atoms. The van der Waals surface area contributed by atoms with E-state index >= 15 is 0 Å². The number of nitrogens with one attached hydrogen (secondary N) is 1. The Hall–Kier alpha value is -2.69. The van der Waals surface area contributed by atoms with Crippen LogP contribution in [0.25, 0.3) is 0 Å². The highest BCUT2D eigenvalue weighted by molar-refractivity contribution is 5.99. The molecule has 1 aromatic rings. The predicted octanol–water partition coefficient (Wildman–Crippen LogP) is 1.41. The van der Waals surface area contributed by atoms with Crippen molar-refractivity contribution in [2.75, 3.05) is 25.5 Å². The van der Waals surface area contributed by atoms with Crippen LogP contribution in [0.5, 0.6) is 0 Å². The van der Waals surface area contributed by atoms with Gasteiger partial charge in [0.05, 0.1) is 23.0 Å². The summed E-state index contributed by atoms with van der Waals surface area (Å²) in [7, 11) is 1.54. The first kappa shape index (κ1) is 15.4. The lowest BCUT2D eigenvalue weighted by molar-refractivity contribution is -0.385. The Labute approximate surface area is 116 Å². The van der Waals surface area contributed by atoms with Gasteiger partial charge in [-0.1, -0.05) is 0 Å². The molecule has 0 fully saturated rings. The quantitative estimate of drug-likeness (QED) is 0.621. The number of pyridine rings is 1. The molecule has 1 aromatic heterocycles. The second-order valence-electron chi connectivity index (χ2n) is 4.01. The molecule has 0 aliphatic carbocycles. The maximum atomic E-state index is 12.2. The van der Waals surface area contributed by atoms with Gasteiger partial charge in [0.25, 0.3) is 11.6 Å². The van der Waals surface area contributed by atoms with Crippen LogP contribution in [0.1, 0.15) is 23.7 Å². The third-order valence-corrected chi connectivity index (χ3v) is 2.56. The number of nitro groups is 1. The average Bonchev–Trinajstić information content (AvgIpc) is 2.44. The van der Waals surface area contributed by atoms with Gasteiger partial charge in [-0.25, -0.2) is 4.98 Å². The summed E-state index contributed by atoms with van der Waals surface area (Å²) >= 11 is 0. The van der Waals surface area contributed by atoms with E-state index in [9.17, 15) is 14.9 Å². The number of carbonyl (C=O) groups is 1. The molecule has 0 spiro atoms. The second-order valence-corrected chi connectivity index (χ2v) is 4.01. The number of carbonyl (C=O) groups excluding carboxylic acids is 1. The first-order valence-electron chi connectivity index (χ1n) is 6.02. The van der Waals surface area contributed by atoms with E-state index in [4.69, 9.17) is 5.26 Å². The fraction of sp³-hybridized carbons (Fsp3) is 0.417. The van der Waals surface area contributed by atoms with E-state index < -0.39 is 10.8 Å². The van der Waals surface area contributed by atoms with Crippen molar-refractivity contribution in [3.63, 3.8) is 0 Å². The molecule has 1 rings (SSSR count). The van der Waals surface area contributed by atoms with Gasteiger partial charge in [-0.3, -0.25) is 14.9 Å². The topological polar surface area (TPSA) is 112 Å². The lowest BCUT2D eigenvalue weighted by atomic mass is 10.2. The zero-order chi connectivity index (χ0) is 15.1. The van der Waals surface area contributed by atoms with Crippen molar-refractivity contribution in [1.82, 2.24) is 9.88 Å². The number of rotatable bonds is 6. The first-order valence-corrected chi connectivity index (χ1v) is 6.02. The minimum absolute atomic E-state index is 0.126. The molecule has 0 aliphatic heterocycles. The van der Waals surface area contributed by atoms with Crippen LogP contribution in [0, 0.1) is 21.4 Å². The lowest BCUT2D eigenvalue weighted by Crippen LogP contribution is -2.28. The fourth-order valence-electron chi connectivity index (χ4n) is 1.55. The molecule has 20 heavy (non-hydrogen) atoms. The van der Waals surface area contributed by atoms with Gasteiger partial charge < -0.3 is 10.2 Å². The molecule has 106 valence electrons. The summed E-state index contributed by atoms with van der Waals surface area (Å²) < 4.78 is 0. The Kier molecular flexibility index (Phi) is 5.41. The molecular weight excluding hydrogens is 262 g/mol. The number of amides is 1. The van der Waals surface area contributed by atoms with Crippen molar-refractivity contribution in [2.45, 2.75) is 13.3 Å². The van der Waals surface area contributed by atoms with Crippen LogP contribution >= 0.6 is 0 Å². The summed E-state index contributed by atoms with van der Waals surface area (Å²) in [5.74, 6) is -0.112. The molecule has 1 N–H and O–H groups in total. The number of nitriles is 1. The molecule has 0 saturated heterocycles. The van der Waals surface area contributed by atoms with Gasteiger partial charge in [0.2, 0.25) is 0 Å². The zero-order valence-electron chi connectivity index (χ0n) is 11.3. The van der Waals surface area contributed by atoms with Gasteiger partial charge in [0.1, 0.15) is 12.0 Å². The van der Waals surface area contributed by atoms with E-state index in [1.54, 1.807) is 0 Å². The largest absolute Gasteiger partial charge is 0.370 e. The zero-order valence-corrected chi connectivity index (χ0v) is 11.3. The molecule has 0 aliphatic rings. The normalized spacial score (nSPS) is 9.65. The van der Waals surface area contributed by atoms with Crippen LogP contribution in [-0.2, 0) is 0 Å². The van der Waals surface area contributed by atoms with Crippen molar-refractivity contribution in [2.24, 2.45) is 0 Å². The van der Waals surface area contributed by atoms with Crippen LogP contribution in [0.15, 0.2) is 12.3 Å². The number of hydrogen-bond donors (Lipinski definition) is 1. The van der Waals surface area contributed by atoms with Gasteiger partial charge in [-0.2, -0.15) is 5.26 Å². The molecule has 0 unspecified atom stereocenters. The number of aromatic nitrogens is 1. The standard InChI is InChI=1S/C12H15N5O3/c1-3-14-11-10(7-9(8-15-11)17(19)20)12(18)16(2)6-4-5-13/h7-8H,3-4,6H2,1-2H3,(H,14,15). The van der Waals surface area contributed by atoms with Gasteiger partial charge in [0, 0.05) is 26.2 Å². The minimum Gasteiger partial charge on any atom is -0.370 e. The van der Waals surface area contributed by atoms with Gasteiger partial charge in [0.15, 0.2) is 0 Å². The number of nitrogens with zero attached hydrogens (tertiary/aromatic N) is 4. The van der Waals surface area contributed by atoms with E-state index in [0.29, 0.717) is 12.4 Å². The third-order valence-electron chi connectivity index (χ3n) is 2.56. The predicted molar refractivity (Wildman–Crippen MR) is 72.2 cm³/mol. The van der Waals surface area contributed by atoms with E-state index in [-0.39, 0.29) is 24.2 Å². The van der Waals surface area contributed by atoms with Crippen LogP contribution in [0.2, 0.25) is 0 Å². The highest BCUT2D eigenvalue weighted by Gasteiger charge is 2.20. The van der Waals surface area contributed by atoms with E-state index in [1.807, 2.05) is 13.0 Å². The number of anilines is 1. The van der Waals surface area contributed by atoms with Gasteiger partial charge in [-0.15, -0.1) is 0 Å². The van der Waals surface area contributed by atoms with Gasteiger partial charge >= 0.3 is 0 Å². The Morgan fingerprint density at radius 1 is 1.65 bits per heavy atom. The highest BCUT2D eigenvalue weighted by Crippen LogP contribution is 2.20.